The van der Waals surface area contributed by atoms with E-state index < -0.39 is 28.9 Å². The van der Waals surface area contributed by atoms with E-state index in [0.29, 0.717) is 0 Å². The lowest BCUT2D eigenvalue weighted by molar-refractivity contribution is -0.117. The highest BCUT2D eigenvalue weighted by Crippen LogP contribution is 2.27. The molecule has 1 aromatic rings. The number of halogens is 4. The van der Waals surface area contributed by atoms with Crippen LogP contribution in [0.2, 0.25) is 0 Å². The topological polar surface area (TPSA) is 75.4 Å². The lowest BCUT2D eigenvalue weighted by Gasteiger charge is -2.18. The van der Waals surface area contributed by atoms with Crippen LogP contribution in [-0.4, -0.2) is 45.7 Å². The second-order valence-electron chi connectivity index (χ2n) is 4.45. The molecule has 0 amide bonds. The third-order valence-corrected chi connectivity index (χ3v) is 4.45. The van der Waals surface area contributed by atoms with Crippen LogP contribution in [0.25, 0.3) is 0 Å². The minimum atomic E-state index is -4.21. The lowest BCUT2D eigenvalue weighted by atomic mass is 10.2. The van der Waals surface area contributed by atoms with Crippen LogP contribution in [0.1, 0.15) is 0 Å². The van der Waals surface area contributed by atoms with E-state index in [2.05, 4.69) is 5.32 Å². The van der Waals surface area contributed by atoms with Crippen molar-refractivity contribution in [1.82, 2.24) is 4.31 Å². The molecule has 10 heteroatoms. The molecule has 0 heterocycles. The predicted molar refractivity (Wildman–Crippen MR) is 71.2 cm³/mol. The van der Waals surface area contributed by atoms with Gasteiger partial charge in [0.15, 0.2) is 0 Å². The average Bonchev–Trinajstić information content (AvgIpc) is 2.36. The molecule has 0 aromatic heterocycles. The van der Waals surface area contributed by atoms with Crippen molar-refractivity contribution in [2.45, 2.75) is 17.2 Å². The Morgan fingerprint density at radius 1 is 1.33 bits per heavy atom. The van der Waals surface area contributed by atoms with Crippen LogP contribution in [-0.2, 0) is 10.0 Å². The van der Waals surface area contributed by atoms with Crippen LogP contribution in [0.4, 0.5) is 28.9 Å². The molecule has 0 spiro atoms. The van der Waals surface area contributed by atoms with Gasteiger partial charge in [-0.1, -0.05) is 0 Å². The van der Waals surface area contributed by atoms with Crippen molar-refractivity contribution in [2.24, 2.45) is 0 Å². The molecule has 0 unspecified atom stereocenters. The van der Waals surface area contributed by atoms with Crippen LogP contribution in [0.15, 0.2) is 23.1 Å². The van der Waals surface area contributed by atoms with Gasteiger partial charge in [-0.05, 0) is 18.2 Å². The summed E-state index contributed by atoms with van der Waals surface area (Å²) in [5, 5.41) is 2.08. The van der Waals surface area contributed by atoms with Crippen molar-refractivity contribution in [1.29, 1.82) is 0 Å². The van der Waals surface area contributed by atoms with E-state index >= 15 is 0 Å². The van der Waals surface area contributed by atoms with Gasteiger partial charge < -0.3 is 11.1 Å². The molecule has 0 saturated carbocycles. The number of alkyl halides is 4. The fraction of sp³-hybridized carbons (Fsp3) is 0.455. The van der Waals surface area contributed by atoms with Crippen molar-refractivity contribution in [3.8, 4) is 0 Å². The highest BCUT2D eigenvalue weighted by atomic mass is 32.2. The highest BCUT2D eigenvalue weighted by Gasteiger charge is 2.40. The van der Waals surface area contributed by atoms with Crippen molar-refractivity contribution in [2.75, 3.05) is 31.7 Å². The number of nitrogen functional groups attached to an aromatic ring is 1. The van der Waals surface area contributed by atoms with E-state index in [-0.39, 0.29) is 16.3 Å². The zero-order valence-electron chi connectivity index (χ0n) is 11.3. The SMILES string of the molecule is CN(C)S(=O)(=O)c1ccc(NCC(F)(F)C(F)F)c(N)c1. The zero-order chi connectivity index (χ0) is 16.4. The molecule has 21 heavy (non-hydrogen) atoms. The molecule has 3 N–H and O–H groups in total. The maximum Gasteiger partial charge on any atom is 0.324 e. The largest absolute Gasteiger partial charge is 0.397 e. The molecular weight excluding hydrogens is 314 g/mol. The highest BCUT2D eigenvalue weighted by molar-refractivity contribution is 7.89. The Hall–Kier alpha value is -1.55. The molecule has 0 fully saturated rings. The van der Waals surface area contributed by atoms with Crippen molar-refractivity contribution in [3.63, 3.8) is 0 Å². The first-order valence-corrected chi connectivity index (χ1v) is 7.14. The van der Waals surface area contributed by atoms with Gasteiger partial charge in [0.2, 0.25) is 10.0 Å². The molecule has 0 atom stereocenters. The van der Waals surface area contributed by atoms with E-state index in [1.807, 2.05) is 0 Å². The molecular formula is C11H15F4N3O2S. The van der Waals surface area contributed by atoms with Gasteiger partial charge in [-0.15, -0.1) is 0 Å². The standard InChI is InChI=1S/C11H15F4N3O2S/c1-18(2)21(19,20)7-3-4-9(8(16)5-7)17-6-11(14,15)10(12)13/h3-5,10,17H,6,16H2,1-2H3. The summed E-state index contributed by atoms with van der Waals surface area (Å²) in [4.78, 5) is -0.129. The fourth-order valence-electron chi connectivity index (χ4n) is 1.36. The van der Waals surface area contributed by atoms with Crippen molar-refractivity contribution >= 4 is 21.4 Å². The van der Waals surface area contributed by atoms with E-state index in [9.17, 15) is 26.0 Å². The maximum atomic E-state index is 12.8. The van der Waals surface area contributed by atoms with E-state index in [0.717, 1.165) is 22.5 Å². The minimum absolute atomic E-state index is 0.0481. The summed E-state index contributed by atoms with van der Waals surface area (Å²) in [6, 6.07) is 3.36. The number of nitrogens with one attached hydrogen (secondary N) is 1. The lowest BCUT2D eigenvalue weighted by Crippen LogP contribution is -2.35. The first kappa shape index (κ1) is 17.5. The van der Waals surface area contributed by atoms with E-state index in [1.165, 1.54) is 14.1 Å². The second kappa shape index (κ2) is 6.06. The number of hydrogen-bond acceptors (Lipinski definition) is 4. The van der Waals surface area contributed by atoms with Crippen LogP contribution < -0.4 is 11.1 Å². The van der Waals surface area contributed by atoms with E-state index in [1.54, 1.807) is 0 Å². The maximum absolute atomic E-state index is 12.8. The normalized spacial score (nSPS) is 13.0. The van der Waals surface area contributed by atoms with Gasteiger partial charge in [-0.25, -0.2) is 21.5 Å². The zero-order valence-corrected chi connectivity index (χ0v) is 12.1. The van der Waals surface area contributed by atoms with Crippen LogP contribution in [0, 0.1) is 0 Å². The Kier molecular flexibility index (Phi) is 5.05. The summed E-state index contributed by atoms with van der Waals surface area (Å²) < 4.78 is 74.2. The number of anilines is 2. The summed E-state index contributed by atoms with van der Waals surface area (Å²) >= 11 is 0. The van der Waals surface area contributed by atoms with Gasteiger partial charge in [0.1, 0.15) is 0 Å². The predicted octanol–water partition coefficient (Wildman–Crippen LogP) is 1.83. The van der Waals surface area contributed by atoms with E-state index in [4.69, 9.17) is 5.73 Å². The van der Waals surface area contributed by atoms with Crippen LogP contribution in [0.3, 0.4) is 0 Å². The van der Waals surface area contributed by atoms with Gasteiger partial charge >= 0.3 is 12.3 Å². The Labute approximate surface area is 119 Å². The number of sulfonamides is 1. The van der Waals surface area contributed by atoms with Crippen LogP contribution in [0.5, 0.6) is 0 Å². The van der Waals surface area contributed by atoms with Gasteiger partial charge in [0.05, 0.1) is 22.8 Å². The first-order valence-electron chi connectivity index (χ1n) is 5.70. The first-order chi connectivity index (χ1) is 9.48. The van der Waals surface area contributed by atoms with Gasteiger partial charge in [-0.2, -0.15) is 8.78 Å². The Morgan fingerprint density at radius 3 is 2.33 bits per heavy atom. The molecule has 1 aromatic carbocycles. The molecule has 0 aliphatic rings. The molecule has 0 aliphatic heterocycles. The summed E-state index contributed by atoms with van der Waals surface area (Å²) in [6.45, 7) is -1.31. The number of nitrogens with two attached hydrogens (primary N) is 1. The van der Waals surface area contributed by atoms with Crippen molar-refractivity contribution < 1.29 is 26.0 Å². The Balaban J connectivity index is 2.95. The van der Waals surface area contributed by atoms with Crippen LogP contribution >= 0.6 is 0 Å². The van der Waals surface area contributed by atoms with Gasteiger partial charge in [-0.3, -0.25) is 0 Å². The Bertz CT molecular complexity index is 605. The van der Waals surface area contributed by atoms with Gasteiger partial charge in [0.25, 0.3) is 0 Å². The summed E-state index contributed by atoms with van der Waals surface area (Å²) in [7, 11) is -1.07. The third-order valence-electron chi connectivity index (χ3n) is 2.64. The smallest absolute Gasteiger partial charge is 0.324 e. The fourth-order valence-corrected chi connectivity index (χ4v) is 2.30. The second-order valence-corrected chi connectivity index (χ2v) is 6.60. The Morgan fingerprint density at radius 2 is 1.90 bits per heavy atom. The molecule has 0 bridgehead atoms. The molecule has 5 nitrogen and oxygen atoms in total. The van der Waals surface area contributed by atoms with Gasteiger partial charge in [0, 0.05) is 14.1 Å². The average molecular weight is 329 g/mol. The molecule has 0 saturated heterocycles. The number of benzene rings is 1. The van der Waals surface area contributed by atoms with Crippen molar-refractivity contribution in [3.05, 3.63) is 18.2 Å². The summed E-state index contributed by atoms with van der Waals surface area (Å²) in [5.74, 6) is -4.21. The number of rotatable bonds is 6. The summed E-state index contributed by atoms with van der Waals surface area (Å²) in [5.41, 5.74) is 5.36. The quantitative estimate of drug-likeness (QED) is 0.617. The minimum Gasteiger partial charge on any atom is -0.397 e. The summed E-state index contributed by atoms with van der Waals surface area (Å²) in [6.07, 6.45) is -3.81. The number of nitrogens with zero attached hydrogens (tertiary/aromatic N) is 1. The molecule has 1 rings (SSSR count). The number of hydrogen-bond donors (Lipinski definition) is 2. The third kappa shape index (κ3) is 3.97. The molecule has 0 radical (unpaired) electrons. The monoisotopic (exact) mass is 329 g/mol. The molecule has 0 aliphatic carbocycles. The molecule has 120 valence electrons.